The smallest absolute Gasteiger partial charge is 0.852 e. The van der Waals surface area contributed by atoms with E-state index in [1.807, 2.05) is 4.90 Å². The summed E-state index contributed by atoms with van der Waals surface area (Å²) in [6.45, 7) is 6.34. The third-order valence-corrected chi connectivity index (χ3v) is 10.1. The molecule has 0 aromatic rings. The predicted octanol–water partition coefficient (Wildman–Crippen LogP) is 12.6. The summed E-state index contributed by atoms with van der Waals surface area (Å²) in [7, 11) is 0. The SMILES string of the molecule is CCCCCCCCCCCCCCCCCCCCN(CCCCCCCCCCCCCCCCCCCC)C([O-])=S.NC([O-])=S.[Cu+2]. The van der Waals surface area contributed by atoms with Crippen LogP contribution in [0.1, 0.15) is 245 Å². The van der Waals surface area contributed by atoms with E-state index >= 15 is 0 Å². The van der Waals surface area contributed by atoms with E-state index < -0.39 is 5.17 Å². The van der Waals surface area contributed by atoms with Crippen molar-refractivity contribution in [1.29, 1.82) is 0 Å². The van der Waals surface area contributed by atoms with Crippen LogP contribution in [0.2, 0.25) is 0 Å². The van der Waals surface area contributed by atoms with Crippen molar-refractivity contribution >= 4 is 34.8 Å². The first-order valence-electron chi connectivity index (χ1n) is 21.4. The Morgan fingerprint density at radius 2 is 0.510 bits per heavy atom. The number of unbranched alkanes of at least 4 members (excludes halogenated alkanes) is 34. The van der Waals surface area contributed by atoms with Crippen LogP contribution in [0.4, 0.5) is 0 Å². The molecule has 0 saturated carbocycles. The molecule has 0 saturated heterocycles. The number of nitrogens with two attached hydrogens (primary N) is 1. The Labute approximate surface area is 329 Å². The van der Waals surface area contributed by atoms with Gasteiger partial charge in [0.2, 0.25) is 0 Å². The molecule has 0 unspecified atom stereocenters. The molecule has 0 atom stereocenters. The average molecular weight is 777 g/mol. The molecule has 49 heavy (non-hydrogen) atoms. The Balaban J connectivity index is -0.00000399. The van der Waals surface area contributed by atoms with Crippen molar-refractivity contribution in [2.75, 3.05) is 13.1 Å². The Kier molecular flexibility index (Phi) is 52.1. The molecule has 0 heterocycles. The van der Waals surface area contributed by atoms with E-state index in [9.17, 15) is 5.11 Å². The zero-order valence-electron chi connectivity index (χ0n) is 32.8. The van der Waals surface area contributed by atoms with E-state index in [0.29, 0.717) is 0 Å². The van der Waals surface area contributed by atoms with Gasteiger partial charge in [-0.3, -0.25) is 0 Å². The van der Waals surface area contributed by atoms with Gasteiger partial charge in [0.05, 0.1) is 0 Å². The molecule has 0 aliphatic carbocycles. The molecule has 1 radical (unpaired) electrons. The van der Waals surface area contributed by atoms with Crippen LogP contribution in [-0.2, 0) is 17.1 Å². The van der Waals surface area contributed by atoms with Crippen molar-refractivity contribution < 1.29 is 27.3 Å². The maximum atomic E-state index is 11.9. The van der Waals surface area contributed by atoms with E-state index in [1.165, 1.54) is 218 Å². The molecule has 4 nitrogen and oxygen atoms in total. The van der Waals surface area contributed by atoms with Crippen LogP contribution in [0.3, 0.4) is 0 Å². The normalized spacial score (nSPS) is 10.7. The summed E-state index contributed by atoms with van der Waals surface area (Å²) in [6.07, 6.45) is 50.2. The molecule has 0 spiro atoms. The van der Waals surface area contributed by atoms with Gasteiger partial charge in [0.25, 0.3) is 0 Å². The maximum Gasteiger partial charge on any atom is 2.00 e. The average Bonchev–Trinajstić information content (AvgIpc) is 3.05. The van der Waals surface area contributed by atoms with Crippen LogP contribution >= 0.6 is 24.4 Å². The second-order valence-corrected chi connectivity index (χ2v) is 15.3. The third-order valence-electron chi connectivity index (χ3n) is 9.82. The fourth-order valence-corrected chi connectivity index (χ4v) is 6.89. The van der Waals surface area contributed by atoms with Crippen molar-refractivity contribution in [1.82, 2.24) is 4.90 Å². The summed E-state index contributed by atoms with van der Waals surface area (Å²) >= 11 is 8.78. The van der Waals surface area contributed by atoms with Crippen molar-refractivity contribution in [2.45, 2.75) is 245 Å². The Hall–Kier alpha value is -0.101. The monoisotopic (exact) mass is 776 g/mol. The Bertz CT molecular complexity index is 598. The molecule has 0 aliphatic rings. The van der Waals surface area contributed by atoms with Gasteiger partial charge in [0.1, 0.15) is 0 Å². The molecular weight excluding hydrogens is 692 g/mol. The van der Waals surface area contributed by atoms with E-state index in [-0.39, 0.29) is 22.2 Å². The quantitative estimate of drug-likeness (QED) is 0.0382. The molecular formula is C42H84CuN2O2S2. The van der Waals surface area contributed by atoms with E-state index in [2.05, 4.69) is 31.8 Å². The molecule has 0 fully saturated rings. The first-order valence-corrected chi connectivity index (χ1v) is 22.2. The van der Waals surface area contributed by atoms with Gasteiger partial charge in [-0.2, -0.15) is 0 Å². The number of hydrogen-bond acceptors (Lipinski definition) is 4. The van der Waals surface area contributed by atoms with Crippen LogP contribution in [0.15, 0.2) is 0 Å². The zero-order valence-corrected chi connectivity index (χ0v) is 35.4. The van der Waals surface area contributed by atoms with Crippen LogP contribution < -0.4 is 15.9 Å². The molecule has 0 amide bonds. The molecule has 297 valence electrons. The van der Waals surface area contributed by atoms with Crippen LogP contribution in [0, 0.1) is 0 Å². The van der Waals surface area contributed by atoms with Gasteiger partial charge in [0.15, 0.2) is 0 Å². The van der Waals surface area contributed by atoms with E-state index in [1.54, 1.807) is 0 Å². The Morgan fingerprint density at radius 1 is 0.367 bits per heavy atom. The molecule has 0 aliphatic heterocycles. The van der Waals surface area contributed by atoms with Gasteiger partial charge in [-0.1, -0.05) is 257 Å². The van der Waals surface area contributed by atoms with Gasteiger partial charge in [-0.15, -0.1) is 0 Å². The zero-order chi connectivity index (χ0) is 35.6. The summed E-state index contributed by atoms with van der Waals surface area (Å²) in [4.78, 5) is 1.94. The van der Waals surface area contributed by atoms with Gasteiger partial charge >= 0.3 is 17.1 Å². The summed E-state index contributed by atoms with van der Waals surface area (Å²) in [5, 5.41) is 20.1. The fraction of sp³-hybridized carbons (Fsp3) is 0.952. The number of thiocarbonyl (C=S) groups is 2. The van der Waals surface area contributed by atoms with Crippen molar-refractivity contribution in [2.24, 2.45) is 5.73 Å². The molecule has 0 aromatic carbocycles. The van der Waals surface area contributed by atoms with Crippen molar-refractivity contribution in [3.05, 3.63) is 0 Å². The van der Waals surface area contributed by atoms with Crippen LogP contribution in [0.5, 0.6) is 0 Å². The molecule has 0 rings (SSSR count). The minimum Gasteiger partial charge on any atom is -0.852 e. The van der Waals surface area contributed by atoms with Gasteiger partial charge in [-0.05, 0) is 12.8 Å². The predicted molar refractivity (Wildman–Crippen MR) is 219 cm³/mol. The van der Waals surface area contributed by atoms with Crippen molar-refractivity contribution in [3.8, 4) is 0 Å². The minimum absolute atomic E-state index is 0. The number of hydrogen-bond donors (Lipinski definition) is 1. The first kappa shape index (κ1) is 53.3. The second-order valence-electron chi connectivity index (χ2n) is 14.6. The molecule has 7 heteroatoms. The first-order chi connectivity index (χ1) is 23.5. The number of nitrogens with zero attached hydrogens (tertiary/aromatic N) is 1. The van der Waals surface area contributed by atoms with E-state index in [0.717, 1.165) is 25.9 Å². The topological polar surface area (TPSA) is 75.4 Å². The summed E-state index contributed by atoms with van der Waals surface area (Å²) in [5.74, 6) is 0. The third kappa shape index (κ3) is 52.4. The summed E-state index contributed by atoms with van der Waals surface area (Å²) in [5.41, 5.74) is 4.29. The molecule has 0 bridgehead atoms. The van der Waals surface area contributed by atoms with Crippen LogP contribution in [-0.4, -0.2) is 28.3 Å². The fourth-order valence-electron chi connectivity index (χ4n) is 6.70. The van der Waals surface area contributed by atoms with Gasteiger partial charge < -0.3 is 20.8 Å². The van der Waals surface area contributed by atoms with Gasteiger partial charge in [0, 0.05) is 23.4 Å². The molecule has 0 aromatic heterocycles. The van der Waals surface area contributed by atoms with Crippen LogP contribution in [0.25, 0.3) is 0 Å². The van der Waals surface area contributed by atoms with Gasteiger partial charge in [-0.25, -0.2) is 0 Å². The summed E-state index contributed by atoms with van der Waals surface area (Å²) in [6, 6.07) is 0. The standard InChI is InChI=1S/C41H83NOS.CH3NOS.Cu/c1-3-5-7-9-11-13-15-17-19-21-23-25-27-29-31-33-35-37-39-42(41(43)44)40-38-36-34-32-30-28-26-24-22-20-18-16-14-12-10-8-6-4-2;2-1(3)4;/h3-40H2,1-2H3,(H,43,44);(H3,2,3,4);/q;;+2/p-2. The number of rotatable bonds is 38. The summed E-state index contributed by atoms with van der Waals surface area (Å²) < 4.78 is 0. The minimum atomic E-state index is -0.750. The largest absolute Gasteiger partial charge is 2.00 e. The second kappa shape index (κ2) is 47.9. The maximum absolute atomic E-state index is 11.9. The Morgan fingerprint density at radius 3 is 0.653 bits per heavy atom. The van der Waals surface area contributed by atoms with Crippen molar-refractivity contribution in [3.63, 3.8) is 0 Å². The molecule has 2 N–H and O–H groups in total. The van der Waals surface area contributed by atoms with E-state index in [4.69, 9.17) is 17.3 Å².